The van der Waals surface area contributed by atoms with Crippen molar-refractivity contribution >= 4 is 5.91 Å². The van der Waals surface area contributed by atoms with Crippen LogP contribution in [0.15, 0.2) is 42.5 Å². The Morgan fingerprint density at radius 2 is 1.73 bits per heavy atom. The number of carbonyl (C=O) groups excluding carboxylic acids is 1. The van der Waals surface area contributed by atoms with Crippen LogP contribution in [0, 0.1) is 0 Å². The monoisotopic (exact) mass is 407 g/mol. The minimum Gasteiger partial charge on any atom is -0.497 e. The van der Waals surface area contributed by atoms with E-state index in [1.807, 2.05) is 47.4 Å². The first-order valence-corrected chi connectivity index (χ1v) is 9.88. The first-order valence-electron chi connectivity index (χ1n) is 9.88. The van der Waals surface area contributed by atoms with Gasteiger partial charge in [-0.05, 0) is 48.4 Å². The third-order valence-electron chi connectivity index (χ3n) is 5.42. The first kappa shape index (κ1) is 19.8. The van der Waals surface area contributed by atoms with Gasteiger partial charge in [-0.15, -0.1) is 0 Å². The summed E-state index contributed by atoms with van der Waals surface area (Å²) < 4.78 is 16.2. The number of nitrogens with zero attached hydrogens (tertiary/aromatic N) is 2. The highest BCUT2D eigenvalue weighted by Crippen LogP contribution is 2.44. The van der Waals surface area contributed by atoms with E-state index in [1.54, 1.807) is 21.3 Å². The number of nitrogens with one attached hydrogen (secondary N) is 1. The van der Waals surface area contributed by atoms with Crippen LogP contribution in [0.25, 0.3) is 11.3 Å². The number of aromatic nitrogens is 2. The zero-order valence-electron chi connectivity index (χ0n) is 17.6. The molecule has 1 aliphatic heterocycles. The van der Waals surface area contributed by atoms with Crippen LogP contribution in [-0.4, -0.2) is 48.9 Å². The molecule has 0 bridgehead atoms. The lowest BCUT2D eigenvalue weighted by atomic mass is 9.95. The molecule has 30 heavy (non-hydrogen) atoms. The molecule has 0 aliphatic carbocycles. The number of amides is 1. The average Bonchev–Trinajstić information content (AvgIpc) is 3.33. The Hall–Kier alpha value is -3.48. The summed E-state index contributed by atoms with van der Waals surface area (Å²) in [5.74, 6) is 2.00. The summed E-state index contributed by atoms with van der Waals surface area (Å²) in [7, 11) is 4.85. The lowest BCUT2D eigenvalue weighted by Gasteiger charge is -2.26. The van der Waals surface area contributed by atoms with Crippen molar-refractivity contribution in [2.45, 2.75) is 19.4 Å². The minimum atomic E-state index is -0.261. The molecule has 0 saturated heterocycles. The van der Waals surface area contributed by atoms with Crippen LogP contribution >= 0.6 is 0 Å². The zero-order valence-corrected chi connectivity index (χ0v) is 17.6. The van der Waals surface area contributed by atoms with Gasteiger partial charge in [-0.3, -0.25) is 9.89 Å². The minimum absolute atomic E-state index is 0.0427. The highest BCUT2D eigenvalue weighted by Gasteiger charge is 2.42. The second-order valence-electron chi connectivity index (χ2n) is 7.10. The van der Waals surface area contributed by atoms with Crippen molar-refractivity contribution in [2.24, 2.45) is 0 Å². The molecule has 1 atom stereocenters. The van der Waals surface area contributed by atoms with E-state index in [9.17, 15) is 4.79 Å². The SMILES string of the molecule is CCCN1C(=O)c2[nH]nc(-c3ccc(OC)cc3)c2[C@H]1c1ccc(OC)c(OC)c1. The molecule has 1 amide bonds. The number of methoxy groups -OCH3 is 3. The molecule has 3 aromatic rings. The predicted molar refractivity (Wildman–Crippen MR) is 113 cm³/mol. The summed E-state index contributed by atoms with van der Waals surface area (Å²) in [6, 6.07) is 13.2. The van der Waals surface area contributed by atoms with Crippen molar-refractivity contribution in [3.05, 3.63) is 59.3 Å². The number of fused-ring (bicyclic) bond motifs is 1. The molecular formula is C23H25N3O4. The van der Waals surface area contributed by atoms with Gasteiger partial charge in [-0.2, -0.15) is 5.10 Å². The number of aromatic amines is 1. The normalized spacial score (nSPS) is 15.3. The van der Waals surface area contributed by atoms with Crippen LogP contribution in [0.2, 0.25) is 0 Å². The van der Waals surface area contributed by atoms with Gasteiger partial charge in [-0.25, -0.2) is 0 Å². The van der Waals surface area contributed by atoms with E-state index >= 15 is 0 Å². The number of rotatable bonds is 7. The van der Waals surface area contributed by atoms with Gasteiger partial charge in [0.15, 0.2) is 11.5 Å². The molecule has 0 fully saturated rings. The van der Waals surface area contributed by atoms with Crippen LogP contribution in [0.5, 0.6) is 17.2 Å². The number of H-pyrrole nitrogens is 1. The summed E-state index contributed by atoms with van der Waals surface area (Å²) in [5.41, 5.74) is 4.05. The van der Waals surface area contributed by atoms with Crippen molar-refractivity contribution in [3.63, 3.8) is 0 Å². The van der Waals surface area contributed by atoms with Crippen LogP contribution in [-0.2, 0) is 0 Å². The fourth-order valence-corrected chi connectivity index (χ4v) is 4.01. The van der Waals surface area contributed by atoms with Crippen LogP contribution in [0.4, 0.5) is 0 Å². The van der Waals surface area contributed by atoms with Gasteiger partial charge in [0, 0.05) is 17.7 Å². The summed E-state index contributed by atoms with van der Waals surface area (Å²) in [5, 5.41) is 7.47. The van der Waals surface area contributed by atoms with Gasteiger partial charge in [0.05, 0.1) is 33.1 Å². The van der Waals surface area contributed by atoms with Gasteiger partial charge < -0.3 is 19.1 Å². The van der Waals surface area contributed by atoms with E-state index in [1.165, 1.54) is 0 Å². The maximum absolute atomic E-state index is 13.2. The van der Waals surface area contributed by atoms with Crippen molar-refractivity contribution < 1.29 is 19.0 Å². The van der Waals surface area contributed by atoms with Gasteiger partial charge in [0.2, 0.25) is 0 Å². The molecule has 2 heterocycles. The quantitative estimate of drug-likeness (QED) is 0.639. The van der Waals surface area contributed by atoms with E-state index in [2.05, 4.69) is 17.1 Å². The molecule has 0 unspecified atom stereocenters. The molecule has 0 spiro atoms. The molecule has 7 heteroatoms. The third-order valence-corrected chi connectivity index (χ3v) is 5.42. The molecule has 4 rings (SSSR count). The highest BCUT2D eigenvalue weighted by atomic mass is 16.5. The standard InChI is InChI=1S/C23H25N3O4/c1-5-12-26-22(15-8-11-17(29-3)18(13-15)30-4)19-20(24-25-21(19)23(26)27)14-6-9-16(28-2)10-7-14/h6-11,13,22H,5,12H2,1-4H3,(H,24,25)/t22-/m1/s1. The molecule has 0 saturated carbocycles. The summed E-state index contributed by atoms with van der Waals surface area (Å²) in [6.45, 7) is 2.71. The van der Waals surface area contributed by atoms with E-state index in [0.29, 0.717) is 23.7 Å². The van der Waals surface area contributed by atoms with E-state index in [0.717, 1.165) is 34.6 Å². The number of ether oxygens (including phenoxy) is 3. The van der Waals surface area contributed by atoms with Crippen molar-refractivity contribution in [3.8, 4) is 28.5 Å². The van der Waals surface area contributed by atoms with E-state index < -0.39 is 0 Å². The Balaban J connectivity index is 1.86. The number of hydrogen-bond acceptors (Lipinski definition) is 5. The Kier molecular flexibility index (Phi) is 5.35. The average molecular weight is 407 g/mol. The van der Waals surface area contributed by atoms with E-state index in [4.69, 9.17) is 14.2 Å². The third kappa shape index (κ3) is 3.16. The van der Waals surface area contributed by atoms with Crippen molar-refractivity contribution in [2.75, 3.05) is 27.9 Å². The molecule has 1 N–H and O–H groups in total. The molecule has 156 valence electrons. The maximum Gasteiger partial charge on any atom is 0.273 e. The van der Waals surface area contributed by atoms with Crippen molar-refractivity contribution in [1.29, 1.82) is 0 Å². The molecule has 1 aliphatic rings. The van der Waals surface area contributed by atoms with Crippen LogP contribution < -0.4 is 14.2 Å². The lowest BCUT2D eigenvalue weighted by Crippen LogP contribution is -2.30. The van der Waals surface area contributed by atoms with Crippen molar-refractivity contribution in [1.82, 2.24) is 15.1 Å². The molecular weight excluding hydrogens is 382 g/mol. The second kappa shape index (κ2) is 8.10. The summed E-state index contributed by atoms with van der Waals surface area (Å²) >= 11 is 0. The summed E-state index contributed by atoms with van der Waals surface area (Å²) in [6.07, 6.45) is 0.852. The largest absolute Gasteiger partial charge is 0.497 e. The molecule has 1 aromatic heterocycles. The lowest BCUT2D eigenvalue weighted by molar-refractivity contribution is 0.0743. The predicted octanol–water partition coefficient (Wildman–Crippen LogP) is 4.06. The Bertz CT molecular complexity index is 1060. The second-order valence-corrected chi connectivity index (χ2v) is 7.10. The Labute approximate surface area is 175 Å². The first-order chi connectivity index (χ1) is 14.6. The number of benzene rings is 2. The van der Waals surface area contributed by atoms with Gasteiger partial charge >= 0.3 is 0 Å². The van der Waals surface area contributed by atoms with E-state index in [-0.39, 0.29) is 11.9 Å². The smallest absolute Gasteiger partial charge is 0.273 e. The van der Waals surface area contributed by atoms with Gasteiger partial charge in [0.1, 0.15) is 11.4 Å². The van der Waals surface area contributed by atoms with Crippen LogP contribution in [0.1, 0.15) is 41.0 Å². The maximum atomic E-state index is 13.2. The van der Waals surface area contributed by atoms with Crippen LogP contribution in [0.3, 0.4) is 0 Å². The van der Waals surface area contributed by atoms with Gasteiger partial charge in [-0.1, -0.05) is 13.0 Å². The van der Waals surface area contributed by atoms with Gasteiger partial charge in [0.25, 0.3) is 5.91 Å². The Morgan fingerprint density at radius 3 is 2.37 bits per heavy atom. The summed E-state index contributed by atoms with van der Waals surface area (Å²) in [4.78, 5) is 15.1. The molecule has 2 aromatic carbocycles. The number of hydrogen-bond donors (Lipinski definition) is 1. The highest BCUT2D eigenvalue weighted by molar-refractivity contribution is 6.00. The topological polar surface area (TPSA) is 76.7 Å². The zero-order chi connectivity index (χ0) is 21.3. The Morgan fingerprint density at radius 1 is 1.00 bits per heavy atom. The number of carbonyl (C=O) groups is 1. The molecule has 0 radical (unpaired) electrons. The molecule has 7 nitrogen and oxygen atoms in total. The fraction of sp³-hybridized carbons (Fsp3) is 0.304. The fourth-order valence-electron chi connectivity index (χ4n) is 4.01.